The van der Waals surface area contributed by atoms with Crippen molar-refractivity contribution >= 4 is 11.4 Å². The van der Waals surface area contributed by atoms with Gasteiger partial charge in [0.2, 0.25) is 0 Å². The van der Waals surface area contributed by atoms with Gasteiger partial charge in [0.1, 0.15) is 5.75 Å². The summed E-state index contributed by atoms with van der Waals surface area (Å²) in [6, 6.07) is 4.40. The van der Waals surface area contributed by atoms with Gasteiger partial charge in [-0.1, -0.05) is 0 Å². The van der Waals surface area contributed by atoms with Crippen molar-refractivity contribution in [3.8, 4) is 5.75 Å². The minimum Gasteiger partial charge on any atom is -0.494 e. The zero-order valence-corrected chi connectivity index (χ0v) is 10.8. The second-order valence-electron chi connectivity index (χ2n) is 3.81. The molecule has 0 spiro atoms. The number of nitro groups is 1. The van der Waals surface area contributed by atoms with Crippen LogP contribution in [0.25, 0.3) is 0 Å². The fourth-order valence-electron chi connectivity index (χ4n) is 1.72. The molecule has 0 radical (unpaired) electrons. The highest BCUT2D eigenvalue weighted by atomic mass is 16.6. The van der Waals surface area contributed by atoms with Gasteiger partial charge in [-0.05, 0) is 6.92 Å². The predicted molar refractivity (Wildman–Crippen MR) is 70.7 cm³/mol. The van der Waals surface area contributed by atoms with E-state index in [2.05, 4.69) is 0 Å². The van der Waals surface area contributed by atoms with Crippen molar-refractivity contribution in [2.75, 3.05) is 37.8 Å². The number of ether oxygens (including phenoxy) is 1. The lowest BCUT2D eigenvalue weighted by atomic mass is 10.2. The van der Waals surface area contributed by atoms with Crippen molar-refractivity contribution < 1.29 is 19.9 Å². The van der Waals surface area contributed by atoms with Gasteiger partial charge in [-0.3, -0.25) is 10.1 Å². The van der Waals surface area contributed by atoms with Crippen molar-refractivity contribution in [2.45, 2.75) is 6.92 Å². The lowest BCUT2D eigenvalue weighted by Gasteiger charge is -2.23. The molecule has 0 bridgehead atoms. The normalized spacial score (nSPS) is 10.3. The first kappa shape index (κ1) is 15.2. The first-order chi connectivity index (χ1) is 9.12. The van der Waals surface area contributed by atoms with E-state index in [9.17, 15) is 10.1 Å². The molecule has 7 nitrogen and oxygen atoms in total. The monoisotopic (exact) mass is 270 g/mol. The van der Waals surface area contributed by atoms with Gasteiger partial charge in [-0.2, -0.15) is 0 Å². The molecule has 0 saturated carbocycles. The summed E-state index contributed by atoms with van der Waals surface area (Å²) in [6.07, 6.45) is 0. The quantitative estimate of drug-likeness (QED) is 0.535. The number of aliphatic hydroxyl groups excluding tert-OH is 2. The number of hydrogen-bond donors (Lipinski definition) is 2. The van der Waals surface area contributed by atoms with E-state index >= 15 is 0 Å². The number of rotatable bonds is 8. The molecule has 19 heavy (non-hydrogen) atoms. The molecule has 0 unspecified atom stereocenters. The summed E-state index contributed by atoms with van der Waals surface area (Å²) in [5.41, 5.74) is 0.461. The molecule has 0 amide bonds. The summed E-state index contributed by atoms with van der Waals surface area (Å²) in [4.78, 5) is 12.0. The van der Waals surface area contributed by atoms with Crippen molar-refractivity contribution in [1.82, 2.24) is 0 Å². The third-order valence-electron chi connectivity index (χ3n) is 2.50. The number of anilines is 1. The Morgan fingerprint density at radius 2 is 1.89 bits per heavy atom. The number of aliphatic hydroxyl groups is 2. The van der Waals surface area contributed by atoms with E-state index in [-0.39, 0.29) is 32.0 Å². The molecule has 0 aromatic heterocycles. The lowest BCUT2D eigenvalue weighted by Crippen LogP contribution is -2.29. The molecule has 1 aromatic rings. The van der Waals surface area contributed by atoms with Crippen LogP contribution in [0.1, 0.15) is 6.92 Å². The van der Waals surface area contributed by atoms with Gasteiger partial charge in [-0.15, -0.1) is 0 Å². The van der Waals surface area contributed by atoms with Crippen LogP contribution in [0.3, 0.4) is 0 Å². The molecular weight excluding hydrogens is 252 g/mol. The largest absolute Gasteiger partial charge is 0.494 e. The third-order valence-corrected chi connectivity index (χ3v) is 2.50. The Kier molecular flexibility index (Phi) is 6.04. The van der Waals surface area contributed by atoms with Crippen LogP contribution in [-0.2, 0) is 0 Å². The van der Waals surface area contributed by atoms with E-state index < -0.39 is 4.92 Å². The van der Waals surface area contributed by atoms with Crippen LogP contribution in [-0.4, -0.2) is 48.0 Å². The summed E-state index contributed by atoms with van der Waals surface area (Å²) in [7, 11) is 0. The van der Waals surface area contributed by atoms with Gasteiger partial charge in [0.15, 0.2) is 0 Å². The minimum absolute atomic E-state index is 0.0816. The summed E-state index contributed by atoms with van der Waals surface area (Å²) < 4.78 is 5.29. The average molecular weight is 270 g/mol. The van der Waals surface area contributed by atoms with Crippen LogP contribution in [0, 0.1) is 10.1 Å². The maximum Gasteiger partial charge on any atom is 0.275 e. The van der Waals surface area contributed by atoms with Crippen molar-refractivity contribution in [2.24, 2.45) is 0 Å². The van der Waals surface area contributed by atoms with E-state index in [0.29, 0.717) is 18.0 Å². The molecule has 0 fully saturated rings. The number of nitro benzene ring substituents is 1. The Bertz CT molecular complexity index is 419. The summed E-state index contributed by atoms with van der Waals surface area (Å²) in [6.45, 7) is 2.55. The highest BCUT2D eigenvalue weighted by Crippen LogP contribution is 2.28. The van der Waals surface area contributed by atoms with E-state index in [1.165, 1.54) is 12.1 Å². The van der Waals surface area contributed by atoms with Crippen molar-refractivity contribution in [1.29, 1.82) is 0 Å². The van der Waals surface area contributed by atoms with Crippen LogP contribution in [0.2, 0.25) is 0 Å². The Morgan fingerprint density at radius 1 is 1.26 bits per heavy atom. The van der Waals surface area contributed by atoms with Gasteiger partial charge in [0.25, 0.3) is 5.69 Å². The number of benzene rings is 1. The molecule has 1 rings (SSSR count). The molecule has 2 N–H and O–H groups in total. The zero-order valence-electron chi connectivity index (χ0n) is 10.8. The van der Waals surface area contributed by atoms with Crippen molar-refractivity contribution in [3.63, 3.8) is 0 Å². The lowest BCUT2D eigenvalue weighted by molar-refractivity contribution is -0.384. The Labute approximate surface area is 111 Å². The van der Waals surface area contributed by atoms with E-state index in [1.54, 1.807) is 17.9 Å². The van der Waals surface area contributed by atoms with Crippen LogP contribution in [0.5, 0.6) is 5.75 Å². The average Bonchev–Trinajstić information content (AvgIpc) is 2.38. The van der Waals surface area contributed by atoms with Gasteiger partial charge in [-0.25, -0.2) is 0 Å². The van der Waals surface area contributed by atoms with Crippen LogP contribution in [0.4, 0.5) is 11.4 Å². The minimum atomic E-state index is -0.498. The molecule has 0 saturated heterocycles. The molecule has 0 heterocycles. The van der Waals surface area contributed by atoms with Crippen LogP contribution in [0.15, 0.2) is 18.2 Å². The molecule has 0 atom stereocenters. The van der Waals surface area contributed by atoms with Gasteiger partial charge >= 0.3 is 0 Å². The number of non-ortho nitro benzene ring substituents is 1. The van der Waals surface area contributed by atoms with Gasteiger partial charge in [0.05, 0.1) is 30.8 Å². The second kappa shape index (κ2) is 7.55. The topological polar surface area (TPSA) is 96.1 Å². The maximum absolute atomic E-state index is 10.9. The first-order valence-corrected chi connectivity index (χ1v) is 6.01. The molecular formula is C12H18N2O5. The molecule has 0 aliphatic carbocycles. The second-order valence-corrected chi connectivity index (χ2v) is 3.81. The smallest absolute Gasteiger partial charge is 0.275 e. The summed E-state index contributed by atoms with van der Waals surface area (Å²) >= 11 is 0. The molecule has 1 aromatic carbocycles. The Balaban J connectivity index is 3.11. The van der Waals surface area contributed by atoms with Gasteiger partial charge in [0, 0.05) is 30.9 Å². The molecule has 0 aliphatic rings. The van der Waals surface area contributed by atoms with E-state index in [4.69, 9.17) is 14.9 Å². The van der Waals surface area contributed by atoms with Gasteiger partial charge < -0.3 is 19.8 Å². The molecule has 0 aliphatic heterocycles. The summed E-state index contributed by atoms with van der Waals surface area (Å²) in [5.74, 6) is 0.396. The SMILES string of the molecule is CCOc1cc(N(CCO)CCO)cc([N+](=O)[O-])c1. The van der Waals surface area contributed by atoms with E-state index in [1.807, 2.05) is 0 Å². The number of nitrogens with zero attached hydrogens (tertiary/aromatic N) is 2. The fraction of sp³-hybridized carbons (Fsp3) is 0.500. The molecule has 106 valence electrons. The number of hydrogen-bond acceptors (Lipinski definition) is 6. The fourth-order valence-corrected chi connectivity index (χ4v) is 1.72. The van der Waals surface area contributed by atoms with Crippen LogP contribution < -0.4 is 9.64 Å². The van der Waals surface area contributed by atoms with E-state index in [0.717, 1.165) is 0 Å². The first-order valence-electron chi connectivity index (χ1n) is 6.01. The zero-order chi connectivity index (χ0) is 14.3. The van der Waals surface area contributed by atoms with Crippen molar-refractivity contribution in [3.05, 3.63) is 28.3 Å². The highest BCUT2D eigenvalue weighted by molar-refractivity contribution is 5.58. The summed E-state index contributed by atoms with van der Waals surface area (Å²) in [5, 5.41) is 28.9. The molecule has 7 heteroatoms. The Morgan fingerprint density at radius 3 is 2.37 bits per heavy atom. The standard InChI is InChI=1S/C12H18N2O5/c1-2-19-12-8-10(7-11(9-12)14(17)18)13(3-5-15)4-6-16/h7-9,15-16H,2-6H2,1H3. The highest BCUT2D eigenvalue weighted by Gasteiger charge is 2.14. The predicted octanol–water partition coefficient (Wildman–Crippen LogP) is 0.784. The Hall–Kier alpha value is -1.86. The third kappa shape index (κ3) is 4.38. The van der Waals surface area contributed by atoms with Crippen LogP contribution >= 0.6 is 0 Å². The maximum atomic E-state index is 10.9.